The van der Waals surface area contributed by atoms with Gasteiger partial charge < -0.3 is 19.7 Å². The lowest BCUT2D eigenvalue weighted by Gasteiger charge is -2.21. The summed E-state index contributed by atoms with van der Waals surface area (Å²) in [5.41, 5.74) is 1.43. The van der Waals surface area contributed by atoms with Crippen molar-refractivity contribution < 1.29 is 23.5 Å². The molecule has 0 aliphatic carbocycles. The highest BCUT2D eigenvalue weighted by Crippen LogP contribution is 2.40. The van der Waals surface area contributed by atoms with Crippen LogP contribution in [0.1, 0.15) is 12.0 Å². The van der Waals surface area contributed by atoms with E-state index in [0.29, 0.717) is 35.2 Å². The Labute approximate surface area is 173 Å². The molecule has 1 atom stereocenters. The molecule has 2 aromatic rings. The average Bonchev–Trinajstić information content (AvgIpc) is 3.10. The molecule has 0 bridgehead atoms. The smallest absolute Gasteiger partial charge is 0.227 e. The second-order valence-electron chi connectivity index (χ2n) is 6.73. The molecule has 0 aromatic heterocycles. The molecule has 1 fully saturated rings. The Morgan fingerprint density at radius 1 is 1.21 bits per heavy atom. The zero-order chi connectivity index (χ0) is 21.0. The minimum atomic E-state index is -0.471. The fraction of sp³-hybridized carbons (Fsp3) is 0.333. The third-order valence-electron chi connectivity index (χ3n) is 4.87. The van der Waals surface area contributed by atoms with Crippen LogP contribution >= 0.6 is 11.6 Å². The van der Waals surface area contributed by atoms with E-state index in [1.165, 1.54) is 31.3 Å². The lowest BCUT2D eigenvalue weighted by Crippen LogP contribution is -2.34. The third-order valence-corrected chi connectivity index (χ3v) is 5.16. The van der Waals surface area contributed by atoms with Crippen LogP contribution in [0.3, 0.4) is 0 Å². The summed E-state index contributed by atoms with van der Waals surface area (Å²) >= 11 is 6.20. The predicted octanol–water partition coefficient (Wildman–Crippen LogP) is 3.21. The van der Waals surface area contributed by atoms with Crippen LogP contribution in [0.4, 0.5) is 10.1 Å². The van der Waals surface area contributed by atoms with Crippen LogP contribution < -0.4 is 19.7 Å². The molecule has 6 nitrogen and oxygen atoms in total. The zero-order valence-corrected chi connectivity index (χ0v) is 17.0. The van der Waals surface area contributed by atoms with Crippen molar-refractivity contribution in [3.05, 3.63) is 52.8 Å². The van der Waals surface area contributed by atoms with Gasteiger partial charge in [0.2, 0.25) is 11.8 Å². The zero-order valence-electron chi connectivity index (χ0n) is 16.2. The van der Waals surface area contributed by atoms with Crippen molar-refractivity contribution in [1.29, 1.82) is 0 Å². The van der Waals surface area contributed by atoms with E-state index in [2.05, 4.69) is 5.32 Å². The van der Waals surface area contributed by atoms with Crippen LogP contribution in [0, 0.1) is 11.7 Å². The molecule has 29 heavy (non-hydrogen) atoms. The molecule has 1 aliphatic rings. The summed E-state index contributed by atoms with van der Waals surface area (Å²) in [4.78, 5) is 26.5. The topological polar surface area (TPSA) is 67.9 Å². The second kappa shape index (κ2) is 9.13. The van der Waals surface area contributed by atoms with Gasteiger partial charge in [0.1, 0.15) is 17.3 Å². The van der Waals surface area contributed by atoms with E-state index >= 15 is 0 Å². The van der Waals surface area contributed by atoms with Crippen molar-refractivity contribution in [2.24, 2.45) is 5.92 Å². The van der Waals surface area contributed by atoms with Gasteiger partial charge in [-0.1, -0.05) is 23.7 Å². The number of nitrogens with one attached hydrogen (secondary N) is 1. The van der Waals surface area contributed by atoms with E-state index in [1.807, 2.05) is 0 Å². The highest BCUT2D eigenvalue weighted by atomic mass is 35.5. The number of nitrogens with zero attached hydrogens (tertiary/aromatic N) is 1. The molecular weight excluding hydrogens is 399 g/mol. The first-order valence-corrected chi connectivity index (χ1v) is 9.54. The van der Waals surface area contributed by atoms with E-state index in [-0.39, 0.29) is 30.6 Å². The van der Waals surface area contributed by atoms with Gasteiger partial charge in [-0.05, 0) is 30.2 Å². The number of rotatable bonds is 7. The highest BCUT2D eigenvalue weighted by Gasteiger charge is 2.36. The van der Waals surface area contributed by atoms with Gasteiger partial charge in [-0.15, -0.1) is 0 Å². The van der Waals surface area contributed by atoms with Crippen molar-refractivity contribution in [1.82, 2.24) is 5.32 Å². The Bertz CT molecular complexity index is 904. The molecule has 8 heteroatoms. The maximum atomic E-state index is 12.9. The molecule has 1 heterocycles. The molecule has 0 radical (unpaired) electrons. The van der Waals surface area contributed by atoms with Gasteiger partial charge in [-0.25, -0.2) is 4.39 Å². The van der Waals surface area contributed by atoms with Gasteiger partial charge >= 0.3 is 0 Å². The molecule has 3 rings (SSSR count). The molecule has 154 valence electrons. The van der Waals surface area contributed by atoms with Gasteiger partial charge in [0, 0.05) is 25.6 Å². The minimum absolute atomic E-state index is 0.106. The van der Waals surface area contributed by atoms with E-state index in [1.54, 1.807) is 24.3 Å². The fourth-order valence-electron chi connectivity index (χ4n) is 3.30. The van der Waals surface area contributed by atoms with Gasteiger partial charge in [-0.2, -0.15) is 0 Å². The van der Waals surface area contributed by atoms with Gasteiger partial charge in [0.15, 0.2) is 0 Å². The summed E-state index contributed by atoms with van der Waals surface area (Å²) in [5, 5.41) is 3.20. The number of amides is 2. The van der Waals surface area contributed by atoms with E-state index < -0.39 is 5.92 Å². The summed E-state index contributed by atoms with van der Waals surface area (Å²) in [5.74, 6) is -0.256. The summed E-state index contributed by atoms with van der Waals surface area (Å²) in [6.07, 6.45) is 0.688. The van der Waals surface area contributed by atoms with Crippen molar-refractivity contribution in [2.75, 3.05) is 32.2 Å². The number of benzene rings is 2. The Morgan fingerprint density at radius 3 is 2.55 bits per heavy atom. The summed E-state index contributed by atoms with van der Waals surface area (Å²) in [6.45, 7) is 0.646. The molecule has 2 amide bonds. The molecule has 0 unspecified atom stereocenters. The molecule has 1 saturated heterocycles. The number of carbonyl (C=O) groups is 2. The maximum Gasteiger partial charge on any atom is 0.227 e. The molecule has 0 spiro atoms. The lowest BCUT2D eigenvalue weighted by atomic mass is 10.1. The first-order valence-electron chi connectivity index (χ1n) is 9.17. The number of halogens is 2. The second-order valence-corrected chi connectivity index (χ2v) is 7.14. The maximum absolute atomic E-state index is 12.9. The Balaban J connectivity index is 1.63. The van der Waals surface area contributed by atoms with Gasteiger partial charge in [0.25, 0.3) is 0 Å². The first kappa shape index (κ1) is 20.9. The fourth-order valence-corrected chi connectivity index (χ4v) is 3.53. The number of hydrogen-bond acceptors (Lipinski definition) is 4. The molecule has 1 N–H and O–H groups in total. The van der Waals surface area contributed by atoms with Crippen molar-refractivity contribution in [3.8, 4) is 11.5 Å². The standard InChI is InChI=1S/C21H22ClFN2O4/c1-28-18-11-19(29-2)17(10-16(18)22)25-12-14(9-20(25)26)21(27)24-8-7-13-3-5-15(23)6-4-13/h3-6,10-11,14H,7-9,12H2,1-2H3,(H,24,27)/t14-/m1/s1. The van der Waals surface area contributed by atoms with Crippen molar-refractivity contribution in [3.63, 3.8) is 0 Å². The largest absolute Gasteiger partial charge is 0.495 e. The molecule has 2 aromatic carbocycles. The van der Waals surface area contributed by atoms with E-state index in [0.717, 1.165) is 5.56 Å². The van der Waals surface area contributed by atoms with Crippen LogP contribution in [-0.4, -0.2) is 39.1 Å². The summed E-state index contributed by atoms with van der Waals surface area (Å²) < 4.78 is 23.5. The third kappa shape index (κ3) is 4.79. The Hall–Kier alpha value is -2.80. The van der Waals surface area contributed by atoms with Gasteiger partial charge in [0.05, 0.1) is 30.8 Å². The minimum Gasteiger partial charge on any atom is -0.495 e. The monoisotopic (exact) mass is 420 g/mol. The van der Waals surface area contributed by atoms with E-state index in [9.17, 15) is 14.0 Å². The van der Waals surface area contributed by atoms with Crippen LogP contribution in [0.25, 0.3) is 0 Å². The molecular formula is C21H22ClFN2O4. The van der Waals surface area contributed by atoms with Crippen molar-refractivity contribution in [2.45, 2.75) is 12.8 Å². The van der Waals surface area contributed by atoms with E-state index in [4.69, 9.17) is 21.1 Å². The molecule has 0 saturated carbocycles. The number of carbonyl (C=O) groups excluding carboxylic acids is 2. The average molecular weight is 421 g/mol. The quantitative estimate of drug-likeness (QED) is 0.746. The normalized spacial score (nSPS) is 16.1. The first-order chi connectivity index (χ1) is 13.9. The summed E-state index contributed by atoms with van der Waals surface area (Å²) in [6, 6.07) is 9.35. The number of methoxy groups -OCH3 is 2. The Morgan fingerprint density at radius 2 is 1.90 bits per heavy atom. The SMILES string of the molecule is COc1cc(OC)c(N2C[C@H](C(=O)NCCc3ccc(F)cc3)CC2=O)cc1Cl. The van der Waals surface area contributed by atoms with Crippen LogP contribution in [-0.2, 0) is 16.0 Å². The lowest BCUT2D eigenvalue weighted by molar-refractivity contribution is -0.126. The predicted molar refractivity (Wildman–Crippen MR) is 108 cm³/mol. The number of ether oxygens (including phenoxy) is 2. The molecule has 1 aliphatic heterocycles. The summed E-state index contributed by atoms with van der Waals surface area (Å²) in [7, 11) is 2.99. The van der Waals surface area contributed by atoms with Crippen LogP contribution in [0.2, 0.25) is 5.02 Å². The number of hydrogen-bond donors (Lipinski definition) is 1. The van der Waals surface area contributed by atoms with Gasteiger partial charge in [-0.3, -0.25) is 9.59 Å². The van der Waals surface area contributed by atoms with Crippen LogP contribution in [0.15, 0.2) is 36.4 Å². The Kier molecular flexibility index (Phi) is 6.59. The highest BCUT2D eigenvalue weighted by molar-refractivity contribution is 6.32. The number of anilines is 1. The van der Waals surface area contributed by atoms with Crippen LogP contribution in [0.5, 0.6) is 11.5 Å². The van der Waals surface area contributed by atoms with Crippen molar-refractivity contribution >= 4 is 29.1 Å².